The summed E-state index contributed by atoms with van der Waals surface area (Å²) in [5.74, 6) is -0.141. The molecule has 0 fully saturated rings. The number of benzene rings is 2. The SMILES string of the molecule is CCc1cccc(C)c1NC(=O)CN(C)Cc1cc([N+](=O)[O-])ccc1Cl. The molecule has 2 aromatic carbocycles. The van der Waals surface area contributed by atoms with Crippen molar-refractivity contribution in [2.45, 2.75) is 26.8 Å². The van der Waals surface area contributed by atoms with E-state index in [0.717, 1.165) is 23.2 Å². The first kappa shape index (κ1) is 19.9. The van der Waals surface area contributed by atoms with Gasteiger partial charge in [0.1, 0.15) is 0 Å². The van der Waals surface area contributed by atoms with Crippen molar-refractivity contribution in [3.8, 4) is 0 Å². The lowest BCUT2D eigenvalue weighted by molar-refractivity contribution is -0.384. The zero-order chi connectivity index (χ0) is 19.3. The quantitative estimate of drug-likeness (QED) is 0.581. The maximum Gasteiger partial charge on any atom is 0.269 e. The van der Waals surface area contributed by atoms with Gasteiger partial charge in [0.2, 0.25) is 5.91 Å². The van der Waals surface area contributed by atoms with E-state index < -0.39 is 4.92 Å². The molecule has 0 atom stereocenters. The Balaban J connectivity index is 2.04. The number of aryl methyl sites for hydroxylation is 2. The van der Waals surface area contributed by atoms with Crippen molar-refractivity contribution < 1.29 is 9.72 Å². The van der Waals surface area contributed by atoms with Gasteiger partial charge in [-0.3, -0.25) is 19.8 Å². The Hall–Kier alpha value is -2.44. The molecular formula is C19H22ClN3O3. The molecule has 0 saturated heterocycles. The highest BCUT2D eigenvalue weighted by molar-refractivity contribution is 6.31. The molecule has 138 valence electrons. The van der Waals surface area contributed by atoms with Crippen molar-refractivity contribution in [1.82, 2.24) is 4.90 Å². The number of likely N-dealkylation sites (N-methyl/N-ethyl adjacent to an activating group) is 1. The number of anilines is 1. The third kappa shape index (κ3) is 5.03. The number of para-hydroxylation sites is 1. The normalized spacial score (nSPS) is 10.8. The predicted octanol–water partition coefficient (Wildman–Crippen LogP) is 4.19. The smallest absolute Gasteiger partial charge is 0.269 e. The molecule has 0 radical (unpaired) electrons. The van der Waals surface area contributed by atoms with Gasteiger partial charge in [0.25, 0.3) is 5.69 Å². The van der Waals surface area contributed by atoms with Crippen LogP contribution in [0.25, 0.3) is 0 Å². The van der Waals surface area contributed by atoms with Crippen LogP contribution in [0.2, 0.25) is 5.02 Å². The minimum Gasteiger partial charge on any atom is -0.324 e. The molecule has 2 rings (SSSR count). The van der Waals surface area contributed by atoms with Crippen LogP contribution in [0.5, 0.6) is 0 Å². The summed E-state index contributed by atoms with van der Waals surface area (Å²) in [7, 11) is 1.77. The van der Waals surface area contributed by atoms with Crippen molar-refractivity contribution in [3.63, 3.8) is 0 Å². The Bertz CT molecular complexity index is 824. The van der Waals surface area contributed by atoms with Gasteiger partial charge in [-0.15, -0.1) is 0 Å². The first-order valence-corrected chi connectivity index (χ1v) is 8.69. The molecule has 0 heterocycles. The molecule has 0 unspecified atom stereocenters. The number of amides is 1. The Kier molecular flexibility index (Phi) is 6.71. The van der Waals surface area contributed by atoms with E-state index in [9.17, 15) is 14.9 Å². The maximum absolute atomic E-state index is 12.4. The van der Waals surface area contributed by atoms with Gasteiger partial charge in [0, 0.05) is 29.4 Å². The van der Waals surface area contributed by atoms with E-state index >= 15 is 0 Å². The van der Waals surface area contributed by atoms with Crippen LogP contribution >= 0.6 is 11.6 Å². The number of hydrogen-bond acceptors (Lipinski definition) is 4. The van der Waals surface area contributed by atoms with Crippen LogP contribution in [0.1, 0.15) is 23.6 Å². The van der Waals surface area contributed by atoms with Crippen molar-refractivity contribution in [2.24, 2.45) is 0 Å². The number of non-ortho nitro benzene ring substituents is 1. The second-order valence-electron chi connectivity index (χ2n) is 6.22. The minimum atomic E-state index is -0.461. The second kappa shape index (κ2) is 8.78. The van der Waals surface area contributed by atoms with Gasteiger partial charge in [0.15, 0.2) is 0 Å². The van der Waals surface area contributed by atoms with Gasteiger partial charge < -0.3 is 5.32 Å². The van der Waals surface area contributed by atoms with Gasteiger partial charge in [-0.1, -0.05) is 36.7 Å². The van der Waals surface area contributed by atoms with Crippen LogP contribution in [0.15, 0.2) is 36.4 Å². The highest BCUT2D eigenvalue weighted by atomic mass is 35.5. The number of nitro groups is 1. The standard InChI is InChI=1S/C19H22ClN3O3/c1-4-14-7-5-6-13(2)19(14)21-18(24)12-22(3)11-15-10-16(23(25)26)8-9-17(15)20/h5-10H,4,11-12H2,1-3H3,(H,21,24). The third-order valence-electron chi connectivity index (χ3n) is 4.10. The van der Waals surface area contributed by atoms with E-state index in [0.29, 0.717) is 17.1 Å². The predicted molar refractivity (Wildman–Crippen MR) is 104 cm³/mol. The monoisotopic (exact) mass is 375 g/mol. The summed E-state index contributed by atoms with van der Waals surface area (Å²) in [5.41, 5.74) is 3.54. The van der Waals surface area contributed by atoms with Gasteiger partial charge >= 0.3 is 0 Å². The first-order chi connectivity index (χ1) is 12.3. The van der Waals surface area contributed by atoms with E-state index in [1.54, 1.807) is 11.9 Å². The summed E-state index contributed by atoms with van der Waals surface area (Å²) in [4.78, 5) is 24.6. The fraction of sp³-hybridized carbons (Fsp3) is 0.316. The lowest BCUT2D eigenvalue weighted by atomic mass is 10.1. The third-order valence-corrected chi connectivity index (χ3v) is 4.47. The number of nitrogens with one attached hydrogen (secondary N) is 1. The molecule has 1 amide bonds. The molecule has 6 nitrogen and oxygen atoms in total. The summed E-state index contributed by atoms with van der Waals surface area (Å²) in [6.07, 6.45) is 0.830. The molecule has 26 heavy (non-hydrogen) atoms. The number of hydrogen-bond donors (Lipinski definition) is 1. The molecule has 7 heteroatoms. The summed E-state index contributed by atoms with van der Waals surface area (Å²) in [6.45, 7) is 4.49. The maximum atomic E-state index is 12.4. The van der Waals surface area contributed by atoms with Crippen LogP contribution in [-0.2, 0) is 17.8 Å². The Labute approximate surface area is 157 Å². The van der Waals surface area contributed by atoms with E-state index in [4.69, 9.17) is 11.6 Å². The van der Waals surface area contributed by atoms with Gasteiger partial charge in [0.05, 0.1) is 11.5 Å². The fourth-order valence-electron chi connectivity index (χ4n) is 2.77. The highest BCUT2D eigenvalue weighted by Gasteiger charge is 2.14. The lowest BCUT2D eigenvalue weighted by Gasteiger charge is -2.18. The molecule has 0 aromatic heterocycles. The molecule has 0 saturated carbocycles. The molecule has 0 spiro atoms. The number of halogens is 1. The van der Waals surface area contributed by atoms with Crippen LogP contribution in [-0.4, -0.2) is 29.3 Å². The largest absolute Gasteiger partial charge is 0.324 e. The van der Waals surface area contributed by atoms with Gasteiger partial charge in [-0.25, -0.2) is 0 Å². The Morgan fingerprint density at radius 2 is 2.00 bits per heavy atom. The van der Waals surface area contributed by atoms with Crippen molar-refractivity contribution in [2.75, 3.05) is 18.9 Å². The number of rotatable bonds is 7. The average Bonchev–Trinajstić information content (AvgIpc) is 2.58. The number of nitrogens with zero attached hydrogens (tertiary/aromatic N) is 2. The summed E-state index contributed by atoms with van der Waals surface area (Å²) >= 11 is 6.12. The van der Waals surface area contributed by atoms with Gasteiger partial charge in [-0.2, -0.15) is 0 Å². The molecule has 0 aliphatic carbocycles. The molecule has 0 bridgehead atoms. The first-order valence-electron chi connectivity index (χ1n) is 8.31. The number of nitro benzene ring substituents is 1. The van der Waals surface area contributed by atoms with Crippen LogP contribution < -0.4 is 5.32 Å². The Morgan fingerprint density at radius 3 is 2.65 bits per heavy atom. The summed E-state index contributed by atoms with van der Waals surface area (Å²) in [6, 6.07) is 10.2. The zero-order valence-electron chi connectivity index (χ0n) is 15.1. The molecule has 1 N–H and O–H groups in total. The van der Waals surface area contributed by atoms with Gasteiger partial charge in [-0.05, 0) is 43.1 Å². The van der Waals surface area contributed by atoms with Crippen LogP contribution in [0, 0.1) is 17.0 Å². The molecular weight excluding hydrogens is 354 g/mol. The van der Waals surface area contributed by atoms with Crippen molar-refractivity contribution in [1.29, 1.82) is 0 Å². The molecule has 2 aromatic rings. The van der Waals surface area contributed by atoms with E-state index in [2.05, 4.69) is 5.32 Å². The van der Waals surface area contributed by atoms with E-state index in [1.807, 2.05) is 32.0 Å². The average molecular weight is 376 g/mol. The summed E-state index contributed by atoms with van der Waals surface area (Å²) < 4.78 is 0. The number of carbonyl (C=O) groups is 1. The minimum absolute atomic E-state index is 0.0188. The van der Waals surface area contributed by atoms with E-state index in [1.165, 1.54) is 18.2 Å². The zero-order valence-corrected chi connectivity index (χ0v) is 15.8. The van der Waals surface area contributed by atoms with Crippen molar-refractivity contribution in [3.05, 3.63) is 68.2 Å². The summed E-state index contributed by atoms with van der Waals surface area (Å²) in [5, 5.41) is 14.3. The van der Waals surface area contributed by atoms with Crippen LogP contribution in [0.4, 0.5) is 11.4 Å². The molecule has 0 aliphatic heterocycles. The molecule has 0 aliphatic rings. The fourth-order valence-corrected chi connectivity index (χ4v) is 2.95. The lowest BCUT2D eigenvalue weighted by Crippen LogP contribution is -2.30. The van der Waals surface area contributed by atoms with Crippen LogP contribution in [0.3, 0.4) is 0 Å². The topological polar surface area (TPSA) is 75.5 Å². The Morgan fingerprint density at radius 1 is 1.27 bits per heavy atom. The van der Waals surface area contributed by atoms with Crippen molar-refractivity contribution >= 4 is 28.9 Å². The highest BCUT2D eigenvalue weighted by Crippen LogP contribution is 2.24. The number of carbonyl (C=O) groups excluding carboxylic acids is 1. The second-order valence-corrected chi connectivity index (χ2v) is 6.62. The van der Waals surface area contributed by atoms with E-state index in [-0.39, 0.29) is 18.1 Å².